The molecule has 16 nitrogen and oxygen atoms in total. The van der Waals surface area contributed by atoms with Crippen molar-refractivity contribution < 1.29 is 65.2 Å². The molecule has 5 aromatic rings. The number of unbranched alkanes of at least 4 members (excludes halogenated alkanes) is 2. The lowest BCUT2D eigenvalue weighted by molar-refractivity contribution is -0.438. The Morgan fingerprint density at radius 2 is 1.41 bits per heavy atom. The van der Waals surface area contributed by atoms with Gasteiger partial charge >= 0.3 is 0 Å². The van der Waals surface area contributed by atoms with Crippen LogP contribution in [0.5, 0.6) is 5.75 Å². The van der Waals surface area contributed by atoms with Crippen molar-refractivity contribution in [1.29, 1.82) is 0 Å². The molecule has 18 heteroatoms. The summed E-state index contributed by atoms with van der Waals surface area (Å²) in [4.78, 5) is 15.3. The number of allylic oxidation sites excluding steroid dienone is 7. The Kier molecular flexibility index (Phi) is 17.2. The first-order chi connectivity index (χ1) is 37.6. The first-order valence-corrected chi connectivity index (χ1v) is 30.3. The van der Waals surface area contributed by atoms with Crippen molar-refractivity contribution in [2.24, 2.45) is 0 Å². The van der Waals surface area contributed by atoms with Gasteiger partial charge in [-0.2, -0.15) is 21.4 Å². The van der Waals surface area contributed by atoms with Crippen LogP contribution < -0.4 is 15.0 Å². The van der Waals surface area contributed by atoms with Crippen molar-refractivity contribution in [3.8, 4) is 5.75 Å². The molecule has 7 N–H and O–H groups in total. The summed E-state index contributed by atoms with van der Waals surface area (Å²) in [5, 5.41) is 47.8. The van der Waals surface area contributed by atoms with E-state index in [-0.39, 0.29) is 30.8 Å². The van der Waals surface area contributed by atoms with Gasteiger partial charge in [0.05, 0.1) is 23.5 Å². The summed E-state index contributed by atoms with van der Waals surface area (Å²) in [6.07, 6.45) is 6.83. The van der Waals surface area contributed by atoms with Gasteiger partial charge in [0.25, 0.3) is 20.2 Å². The number of carbonyl (C=O) groups is 1. The summed E-state index contributed by atoms with van der Waals surface area (Å²) in [7, 11) is -8.26. The van der Waals surface area contributed by atoms with E-state index >= 15 is 0 Å². The molecular formula is C61H72N3O13S2+. The predicted molar refractivity (Wildman–Crippen MR) is 306 cm³/mol. The van der Waals surface area contributed by atoms with Crippen LogP contribution in [0.4, 0.5) is 11.4 Å². The molecule has 9 rings (SSSR count). The third kappa shape index (κ3) is 12.6. The zero-order chi connectivity index (χ0) is 56.4. The molecule has 5 aromatic carbocycles. The van der Waals surface area contributed by atoms with E-state index in [2.05, 4.69) is 115 Å². The molecule has 0 aromatic heterocycles. The summed E-state index contributed by atoms with van der Waals surface area (Å²) >= 11 is 0. The second-order valence-corrected chi connectivity index (χ2v) is 25.3. The fourth-order valence-corrected chi connectivity index (χ4v) is 13.1. The largest absolute Gasteiger partial charge is 0.457 e. The molecule has 4 aliphatic rings. The average molecular weight is 1120 g/mol. The van der Waals surface area contributed by atoms with Crippen LogP contribution in [0, 0.1) is 0 Å². The Morgan fingerprint density at radius 1 is 0.759 bits per heavy atom. The van der Waals surface area contributed by atoms with Gasteiger partial charge in [0.2, 0.25) is 11.6 Å². The monoisotopic (exact) mass is 1120 g/mol. The SMILES string of the molecule is CC1(C)C(/C=C/C2=C(Oc3ccc(CCC(=O)N[C@H]4C(O)O[C@H](CO)[C@@H](O)[C@@H]4O)cc3)C(=C/C=C3/N(CCCCS(=O)(=O)O)c4ccc5ccccc5c4C3(C)C)/CCC2)=[N+](CCCCS(=O)(=O)O)c2ccc3ccccc3c21. The highest BCUT2D eigenvalue weighted by molar-refractivity contribution is 7.86. The number of hydrogen-bond acceptors (Lipinski definition) is 12. The second-order valence-electron chi connectivity index (χ2n) is 22.1. The lowest BCUT2D eigenvalue weighted by Gasteiger charge is -2.40. The molecule has 79 heavy (non-hydrogen) atoms. The van der Waals surface area contributed by atoms with Crippen LogP contribution in [0.25, 0.3) is 21.5 Å². The smallest absolute Gasteiger partial charge is 0.264 e. The molecule has 3 aliphatic heterocycles. The number of nitrogens with zero attached hydrogens (tertiary/aromatic N) is 2. The van der Waals surface area contributed by atoms with Crippen LogP contribution in [-0.4, -0.2) is 124 Å². The molecule has 0 bridgehead atoms. The van der Waals surface area contributed by atoms with Gasteiger partial charge in [0, 0.05) is 53.9 Å². The maximum Gasteiger partial charge on any atom is 0.264 e. The summed E-state index contributed by atoms with van der Waals surface area (Å²) in [6.45, 7) is 9.25. The number of aliphatic hydroxyl groups excluding tert-OH is 4. The van der Waals surface area contributed by atoms with Gasteiger partial charge in [-0.25, -0.2) is 0 Å². The summed E-state index contributed by atoms with van der Waals surface area (Å²) in [6, 6.07) is 31.2. The van der Waals surface area contributed by atoms with Crippen LogP contribution in [-0.2, 0) is 47.0 Å². The van der Waals surface area contributed by atoms with Crippen LogP contribution in [0.1, 0.15) is 95.8 Å². The van der Waals surface area contributed by atoms with E-state index < -0.39 is 74.2 Å². The summed E-state index contributed by atoms with van der Waals surface area (Å²) in [5.74, 6) is 0.101. The maximum atomic E-state index is 13.1. The van der Waals surface area contributed by atoms with Crippen LogP contribution in [0.15, 0.2) is 144 Å². The highest BCUT2D eigenvalue weighted by atomic mass is 32.2. The Bertz CT molecular complexity index is 3510. The quantitative estimate of drug-likeness (QED) is 0.0221. The first-order valence-electron chi connectivity index (χ1n) is 27.1. The number of carbonyl (C=O) groups excluding carboxylic acids is 1. The number of aryl methyl sites for hydroxylation is 1. The fraction of sp³-hybridized carbons (Fsp3) is 0.410. The lowest BCUT2D eigenvalue weighted by Crippen LogP contribution is -2.64. The maximum absolute atomic E-state index is 13.1. The molecule has 0 spiro atoms. The van der Waals surface area contributed by atoms with E-state index in [0.717, 1.165) is 67.5 Å². The van der Waals surface area contributed by atoms with Gasteiger partial charge in [-0.1, -0.05) is 86.7 Å². The lowest BCUT2D eigenvalue weighted by atomic mass is 9.78. The molecule has 0 radical (unpaired) electrons. The van der Waals surface area contributed by atoms with Gasteiger partial charge in [0.15, 0.2) is 12.0 Å². The molecule has 1 amide bonds. The zero-order valence-corrected chi connectivity index (χ0v) is 46.7. The molecule has 1 saturated heterocycles. The Balaban J connectivity index is 1.08. The Labute approximate surface area is 462 Å². The van der Waals surface area contributed by atoms with Crippen LogP contribution >= 0.6 is 0 Å². The minimum Gasteiger partial charge on any atom is -0.457 e. The van der Waals surface area contributed by atoms with Gasteiger partial charge in [0.1, 0.15) is 42.4 Å². The van der Waals surface area contributed by atoms with Gasteiger partial charge in [-0.3, -0.25) is 13.9 Å². The van der Waals surface area contributed by atoms with E-state index in [0.29, 0.717) is 56.7 Å². The van der Waals surface area contributed by atoms with E-state index in [1.54, 1.807) is 0 Å². The van der Waals surface area contributed by atoms with Crippen molar-refractivity contribution in [1.82, 2.24) is 5.32 Å². The molecule has 1 unspecified atom stereocenters. The van der Waals surface area contributed by atoms with Crippen molar-refractivity contribution >= 4 is 64.8 Å². The van der Waals surface area contributed by atoms with E-state index in [9.17, 15) is 51.2 Å². The molecule has 1 aliphatic carbocycles. The van der Waals surface area contributed by atoms with Crippen LogP contribution in [0.3, 0.4) is 0 Å². The summed E-state index contributed by atoms with van der Waals surface area (Å²) < 4.78 is 80.7. The topological polar surface area (TPSA) is 243 Å². The number of ether oxygens (including phenoxy) is 2. The van der Waals surface area contributed by atoms with Gasteiger partial charge in [-0.05, 0) is 139 Å². The van der Waals surface area contributed by atoms with Gasteiger partial charge < -0.3 is 40.1 Å². The number of benzene rings is 5. The number of rotatable bonds is 20. The minimum absolute atomic E-state index is 0.00270. The zero-order valence-electron chi connectivity index (χ0n) is 45.1. The van der Waals surface area contributed by atoms with Crippen molar-refractivity contribution in [3.05, 3.63) is 161 Å². The number of fused-ring (bicyclic) bond motifs is 6. The number of amides is 1. The van der Waals surface area contributed by atoms with Crippen molar-refractivity contribution in [2.45, 2.75) is 127 Å². The molecule has 0 saturated carbocycles. The van der Waals surface area contributed by atoms with Crippen LogP contribution in [0.2, 0.25) is 0 Å². The molecule has 5 atom stereocenters. The standard InChI is InChI=1S/C61H71N3O13S2/c1-60(2)50(63(34-9-11-36-78(70,71)72)47-29-23-40-14-5-7-18-45(40)53(47)60)31-25-42-16-13-17-43(58(42)76-44-27-20-39(21-28-44)22-33-52(66)62-55-57(68)56(67)49(38-65)77-59(55)69)26-32-51-61(3,4)54-46-19-8-6-15-41(46)24-30-48(54)64(51)35-10-12-37-79(73,74)75/h5-8,14-15,18-21,23-32,49,55-57,59,65,67-69H,9-13,16-17,22,33-38H2,1-4H3,(H2-,62,66,70,71,72,73,74,75)/p+1/t49-,55-,56-,57-,59?/m1/s1. The number of aliphatic hydroxyl groups is 4. The molecule has 1 fully saturated rings. The number of hydrogen-bond donors (Lipinski definition) is 7. The highest BCUT2D eigenvalue weighted by Crippen LogP contribution is 2.51. The van der Waals surface area contributed by atoms with E-state index in [1.165, 1.54) is 11.1 Å². The number of nitrogens with one attached hydrogen (secondary N) is 1. The van der Waals surface area contributed by atoms with E-state index in [4.69, 9.17) is 9.47 Å². The fourth-order valence-electron chi connectivity index (χ4n) is 12.0. The van der Waals surface area contributed by atoms with Crippen molar-refractivity contribution in [3.63, 3.8) is 0 Å². The average Bonchev–Trinajstić information content (AvgIpc) is 3.32. The van der Waals surface area contributed by atoms with Crippen molar-refractivity contribution in [2.75, 3.05) is 36.1 Å². The Hall–Kier alpha value is -6.06. The molecular weight excluding hydrogens is 1050 g/mol. The van der Waals surface area contributed by atoms with E-state index in [1.807, 2.05) is 48.5 Å². The predicted octanol–water partition coefficient (Wildman–Crippen LogP) is 8.24. The third-order valence-electron chi connectivity index (χ3n) is 15.9. The third-order valence-corrected chi connectivity index (χ3v) is 17.6. The summed E-state index contributed by atoms with van der Waals surface area (Å²) in [5.41, 5.74) is 8.25. The molecule has 3 heterocycles. The Morgan fingerprint density at radius 3 is 2.08 bits per heavy atom. The minimum atomic E-state index is -4.13. The number of anilines is 1. The highest BCUT2D eigenvalue weighted by Gasteiger charge is 2.47. The first kappa shape index (κ1) is 57.6. The molecule has 420 valence electrons. The normalized spacial score (nSPS) is 23.1. The van der Waals surface area contributed by atoms with Gasteiger partial charge in [-0.15, -0.1) is 0 Å². The second kappa shape index (κ2) is 23.6.